The first-order valence-electron chi connectivity index (χ1n) is 9.73. The molecule has 146 valence electrons. The number of aromatic nitrogens is 2. The topological polar surface area (TPSA) is 46.9 Å². The zero-order chi connectivity index (χ0) is 20.1. The van der Waals surface area contributed by atoms with Crippen LogP contribution in [-0.4, -0.2) is 22.0 Å². The van der Waals surface area contributed by atoms with Crippen molar-refractivity contribution in [3.8, 4) is 0 Å². The molecule has 0 aliphatic carbocycles. The fourth-order valence-corrected chi connectivity index (χ4v) is 3.67. The minimum atomic E-state index is -0.145. The zero-order valence-corrected chi connectivity index (χ0v) is 16.8. The van der Waals surface area contributed by atoms with Crippen molar-refractivity contribution in [2.24, 2.45) is 0 Å². The summed E-state index contributed by atoms with van der Waals surface area (Å²) < 4.78 is 2.26. The molecule has 0 atom stereocenters. The SMILES string of the molecule is O=C(NCCCc1nc2ccccc2n1Cc1ccccc1)c1ccccc1Cl. The van der Waals surface area contributed by atoms with E-state index in [0.29, 0.717) is 17.1 Å². The molecule has 29 heavy (non-hydrogen) atoms. The molecule has 0 saturated heterocycles. The molecule has 0 aliphatic heterocycles. The van der Waals surface area contributed by atoms with Crippen LogP contribution in [0.5, 0.6) is 0 Å². The average Bonchev–Trinajstić information content (AvgIpc) is 3.09. The molecule has 0 radical (unpaired) electrons. The minimum Gasteiger partial charge on any atom is -0.352 e. The highest BCUT2D eigenvalue weighted by molar-refractivity contribution is 6.33. The van der Waals surface area contributed by atoms with E-state index in [1.165, 1.54) is 5.56 Å². The Hall–Kier alpha value is -3.11. The van der Waals surface area contributed by atoms with Gasteiger partial charge in [-0.15, -0.1) is 0 Å². The van der Waals surface area contributed by atoms with Crippen LogP contribution in [0, 0.1) is 0 Å². The molecule has 3 aromatic carbocycles. The van der Waals surface area contributed by atoms with E-state index in [9.17, 15) is 4.79 Å². The van der Waals surface area contributed by atoms with Crippen LogP contribution in [-0.2, 0) is 13.0 Å². The Kier molecular flexibility index (Phi) is 5.92. The Morgan fingerprint density at radius 1 is 0.931 bits per heavy atom. The van der Waals surface area contributed by atoms with Gasteiger partial charge in [-0.2, -0.15) is 0 Å². The number of imidazole rings is 1. The monoisotopic (exact) mass is 403 g/mol. The summed E-state index contributed by atoms with van der Waals surface area (Å²) in [7, 11) is 0. The molecule has 0 unspecified atom stereocenters. The molecule has 1 amide bonds. The van der Waals surface area contributed by atoms with E-state index in [2.05, 4.69) is 40.2 Å². The fraction of sp³-hybridized carbons (Fsp3) is 0.167. The van der Waals surface area contributed by atoms with Gasteiger partial charge in [-0.3, -0.25) is 4.79 Å². The molecule has 0 bridgehead atoms. The van der Waals surface area contributed by atoms with E-state index < -0.39 is 0 Å². The Bertz CT molecular complexity index is 1120. The van der Waals surface area contributed by atoms with Gasteiger partial charge < -0.3 is 9.88 Å². The Balaban J connectivity index is 1.44. The zero-order valence-electron chi connectivity index (χ0n) is 16.0. The van der Waals surface area contributed by atoms with Crippen molar-refractivity contribution in [1.82, 2.24) is 14.9 Å². The van der Waals surface area contributed by atoms with E-state index >= 15 is 0 Å². The first-order valence-corrected chi connectivity index (χ1v) is 10.1. The standard InChI is InChI=1S/C24H22ClN3O/c25-20-12-5-4-11-19(20)24(29)26-16-8-15-23-27-21-13-6-7-14-22(21)28(23)17-18-9-2-1-3-10-18/h1-7,9-14H,8,15-17H2,(H,26,29). The molecule has 1 aromatic heterocycles. The molecule has 1 heterocycles. The first kappa shape index (κ1) is 19.2. The van der Waals surface area contributed by atoms with Gasteiger partial charge in [0.2, 0.25) is 0 Å². The van der Waals surface area contributed by atoms with Crippen molar-refractivity contribution in [3.05, 3.63) is 101 Å². The number of hydrogen-bond donors (Lipinski definition) is 1. The summed E-state index contributed by atoms with van der Waals surface area (Å²) >= 11 is 6.10. The van der Waals surface area contributed by atoms with Gasteiger partial charge in [0.1, 0.15) is 5.82 Å². The third-order valence-corrected chi connectivity index (χ3v) is 5.23. The van der Waals surface area contributed by atoms with E-state index in [-0.39, 0.29) is 5.91 Å². The molecule has 0 saturated carbocycles. The lowest BCUT2D eigenvalue weighted by atomic mass is 10.2. The predicted octanol–water partition coefficient (Wildman–Crippen LogP) is 5.10. The largest absolute Gasteiger partial charge is 0.352 e. The Labute approximate surface area is 175 Å². The van der Waals surface area contributed by atoms with Crippen molar-refractivity contribution < 1.29 is 4.79 Å². The van der Waals surface area contributed by atoms with Gasteiger partial charge in [0, 0.05) is 19.5 Å². The number of aryl methyl sites for hydroxylation is 1. The lowest BCUT2D eigenvalue weighted by Crippen LogP contribution is -2.25. The van der Waals surface area contributed by atoms with Crippen molar-refractivity contribution in [1.29, 1.82) is 0 Å². The summed E-state index contributed by atoms with van der Waals surface area (Å²) in [6.07, 6.45) is 1.58. The Morgan fingerprint density at radius 3 is 2.48 bits per heavy atom. The smallest absolute Gasteiger partial charge is 0.252 e. The molecular formula is C24H22ClN3O. The first-order chi connectivity index (χ1) is 14.2. The van der Waals surface area contributed by atoms with Crippen LogP contribution in [0.25, 0.3) is 11.0 Å². The third kappa shape index (κ3) is 4.49. The van der Waals surface area contributed by atoms with Crippen LogP contribution in [0.15, 0.2) is 78.9 Å². The number of halogens is 1. The number of carbonyl (C=O) groups excluding carboxylic acids is 1. The lowest BCUT2D eigenvalue weighted by molar-refractivity contribution is 0.0953. The number of benzene rings is 3. The van der Waals surface area contributed by atoms with Crippen molar-refractivity contribution in [2.45, 2.75) is 19.4 Å². The van der Waals surface area contributed by atoms with Gasteiger partial charge in [0.05, 0.1) is 21.6 Å². The number of para-hydroxylation sites is 2. The maximum absolute atomic E-state index is 12.3. The summed E-state index contributed by atoms with van der Waals surface area (Å²) in [4.78, 5) is 17.1. The highest BCUT2D eigenvalue weighted by Crippen LogP contribution is 2.19. The summed E-state index contributed by atoms with van der Waals surface area (Å²) in [5, 5.41) is 3.42. The van der Waals surface area contributed by atoms with Crippen LogP contribution < -0.4 is 5.32 Å². The molecule has 0 fully saturated rings. The van der Waals surface area contributed by atoms with Gasteiger partial charge in [0.15, 0.2) is 0 Å². The van der Waals surface area contributed by atoms with Gasteiger partial charge in [-0.05, 0) is 36.2 Å². The fourth-order valence-electron chi connectivity index (χ4n) is 3.45. The molecule has 0 aliphatic rings. The molecule has 4 nitrogen and oxygen atoms in total. The summed E-state index contributed by atoms with van der Waals surface area (Å²) in [5.41, 5.74) is 3.87. The van der Waals surface area contributed by atoms with Gasteiger partial charge >= 0.3 is 0 Å². The van der Waals surface area contributed by atoms with E-state index in [1.807, 2.05) is 36.4 Å². The number of nitrogens with zero attached hydrogens (tertiary/aromatic N) is 2. The lowest BCUT2D eigenvalue weighted by Gasteiger charge is -2.10. The highest BCUT2D eigenvalue weighted by atomic mass is 35.5. The van der Waals surface area contributed by atoms with Gasteiger partial charge in [0.25, 0.3) is 5.91 Å². The van der Waals surface area contributed by atoms with Crippen molar-refractivity contribution in [2.75, 3.05) is 6.54 Å². The number of amides is 1. The number of carbonyl (C=O) groups is 1. The quantitative estimate of drug-likeness (QED) is 0.436. The van der Waals surface area contributed by atoms with E-state index in [4.69, 9.17) is 16.6 Å². The molecule has 5 heteroatoms. The Morgan fingerprint density at radius 2 is 1.66 bits per heavy atom. The van der Waals surface area contributed by atoms with Crippen LogP contribution in [0.2, 0.25) is 5.02 Å². The van der Waals surface area contributed by atoms with Crippen LogP contribution in [0.3, 0.4) is 0 Å². The van der Waals surface area contributed by atoms with Gasteiger partial charge in [-0.25, -0.2) is 4.98 Å². The van der Waals surface area contributed by atoms with Crippen molar-refractivity contribution >= 4 is 28.5 Å². The van der Waals surface area contributed by atoms with E-state index in [1.54, 1.807) is 12.1 Å². The second-order valence-corrected chi connectivity index (χ2v) is 7.33. The molecular weight excluding hydrogens is 382 g/mol. The molecule has 4 aromatic rings. The van der Waals surface area contributed by atoms with E-state index in [0.717, 1.165) is 36.2 Å². The van der Waals surface area contributed by atoms with Crippen molar-refractivity contribution in [3.63, 3.8) is 0 Å². The van der Waals surface area contributed by atoms with Crippen LogP contribution in [0.4, 0.5) is 0 Å². The normalized spacial score (nSPS) is 10.9. The van der Waals surface area contributed by atoms with Gasteiger partial charge in [-0.1, -0.05) is 66.2 Å². The van der Waals surface area contributed by atoms with Crippen LogP contribution >= 0.6 is 11.6 Å². The third-order valence-electron chi connectivity index (χ3n) is 4.90. The average molecular weight is 404 g/mol. The maximum Gasteiger partial charge on any atom is 0.252 e. The molecule has 4 rings (SSSR count). The number of rotatable bonds is 7. The van der Waals surface area contributed by atoms with Crippen LogP contribution in [0.1, 0.15) is 28.2 Å². The summed E-state index contributed by atoms with van der Waals surface area (Å²) in [5.74, 6) is 0.885. The number of fused-ring (bicyclic) bond motifs is 1. The number of hydrogen-bond acceptors (Lipinski definition) is 2. The highest BCUT2D eigenvalue weighted by Gasteiger charge is 2.12. The molecule has 0 spiro atoms. The second-order valence-electron chi connectivity index (χ2n) is 6.93. The number of nitrogens with one attached hydrogen (secondary N) is 1. The second kappa shape index (κ2) is 8.93. The minimum absolute atomic E-state index is 0.145. The summed E-state index contributed by atoms with van der Waals surface area (Å²) in [6, 6.07) is 25.7. The summed E-state index contributed by atoms with van der Waals surface area (Å²) in [6.45, 7) is 1.35. The predicted molar refractivity (Wildman–Crippen MR) is 117 cm³/mol. The maximum atomic E-state index is 12.3. The molecule has 1 N–H and O–H groups in total.